The quantitative estimate of drug-likeness (QED) is 0.789. The zero-order valence-corrected chi connectivity index (χ0v) is 15.5. The van der Waals surface area contributed by atoms with Crippen LogP contribution >= 0.6 is 0 Å². The van der Waals surface area contributed by atoms with Gasteiger partial charge in [-0.05, 0) is 49.1 Å². The van der Waals surface area contributed by atoms with E-state index in [9.17, 15) is 9.59 Å². The largest absolute Gasteiger partial charge is 0.497 e. The smallest absolute Gasteiger partial charge is 0.270 e. The fourth-order valence-corrected chi connectivity index (χ4v) is 3.28. The van der Waals surface area contributed by atoms with Crippen molar-refractivity contribution in [2.24, 2.45) is 0 Å². The number of carbonyl (C=O) groups excluding carboxylic acids is 2. The number of pyridine rings is 1. The van der Waals surface area contributed by atoms with Gasteiger partial charge in [-0.1, -0.05) is 25.0 Å². The number of amides is 2. The highest BCUT2D eigenvalue weighted by molar-refractivity contribution is 5.98. The third-order valence-electron chi connectivity index (χ3n) is 4.78. The number of methoxy groups -OCH3 is 1. The molecule has 142 valence electrons. The Morgan fingerprint density at radius 1 is 1.15 bits per heavy atom. The third-order valence-corrected chi connectivity index (χ3v) is 4.78. The van der Waals surface area contributed by atoms with Crippen molar-refractivity contribution in [2.45, 2.75) is 38.1 Å². The Morgan fingerprint density at radius 3 is 2.74 bits per heavy atom. The molecule has 1 aromatic carbocycles. The minimum Gasteiger partial charge on any atom is -0.497 e. The highest BCUT2D eigenvalue weighted by atomic mass is 16.5. The molecule has 1 heterocycles. The lowest BCUT2D eigenvalue weighted by molar-refractivity contribution is 0.0933. The average Bonchev–Trinajstić information content (AvgIpc) is 3.21. The number of carbonyl (C=O) groups is 2. The monoisotopic (exact) mass is 367 g/mol. The van der Waals surface area contributed by atoms with Crippen molar-refractivity contribution in [2.75, 3.05) is 13.7 Å². The Bertz CT molecular complexity index is 801. The van der Waals surface area contributed by atoms with Gasteiger partial charge in [0.1, 0.15) is 11.4 Å². The minimum absolute atomic E-state index is 0.213. The molecular formula is C21H25N3O3. The van der Waals surface area contributed by atoms with E-state index in [1.165, 1.54) is 6.20 Å². The topological polar surface area (TPSA) is 80.3 Å². The Balaban J connectivity index is 1.54. The van der Waals surface area contributed by atoms with Crippen molar-refractivity contribution >= 4 is 11.8 Å². The number of nitrogens with one attached hydrogen (secondary N) is 2. The van der Waals surface area contributed by atoms with Crippen LogP contribution in [0.1, 0.15) is 52.1 Å². The number of benzene rings is 1. The second-order valence-corrected chi connectivity index (χ2v) is 6.74. The first-order valence-electron chi connectivity index (χ1n) is 9.34. The normalized spacial score (nSPS) is 14.0. The molecule has 2 aromatic rings. The molecule has 0 aliphatic heterocycles. The summed E-state index contributed by atoms with van der Waals surface area (Å²) in [6.07, 6.45) is 6.51. The number of rotatable bonds is 7. The molecule has 0 atom stereocenters. The van der Waals surface area contributed by atoms with Crippen molar-refractivity contribution in [3.63, 3.8) is 0 Å². The summed E-state index contributed by atoms with van der Waals surface area (Å²) in [5.74, 6) is 0.369. The lowest BCUT2D eigenvalue weighted by Gasteiger charge is -2.12. The van der Waals surface area contributed by atoms with Crippen LogP contribution in [0.3, 0.4) is 0 Å². The minimum atomic E-state index is -0.215. The van der Waals surface area contributed by atoms with Crippen molar-refractivity contribution in [1.82, 2.24) is 15.6 Å². The van der Waals surface area contributed by atoms with E-state index in [4.69, 9.17) is 4.74 Å². The number of nitrogens with zero attached hydrogens (tertiary/aromatic N) is 1. The Hall–Kier alpha value is -2.89. The first-order valence-corrected chi connectivity index (χ1v) is 9.34. The lowest BCUT2D eigenvalue weighted by Crippen LogP contribution is -2.33. The van der Waals surface area contributed by atoms with Gasteiger partial charge in [-0.25, -0.2) is 0 Å². The Kier molecular flexibility index (Phi) is 6.41. The van der Waals surface area contributed by atoms with Crippen LogP contribution < -0.4 is 15.4 Å². The van der Waals surface area contributed by atoms with E-state index in [1.54, 1.807) is 19.2 Å². The zero-order valence-electron chi connectivity index (χ0n) is 15.5. The molecule has 0 spiro atoms. The van der Waals surface area contributed by atoms with Gasteiger partial charge in [-0.3, -0.25) is 14.6 Å². The van der Waals surface area contributed by atoms with Crippen LogP contribution in [-0.2, 0) is 6.42 Å². The summed E-state index contributed by atoms with van der Waals surface area (Å²) in [6.45, 7) is 0.498. The molecule has 1 aliphatic rings. The van der Waals surface area contributed by atoms with Crippen molar-refractivity contribution in [3.05, 3.63) is 59.4 Å². The summed E-state index contributed by atoms with van der Waals surface area (Å²) in [5.41, 5.74) is 1.80. The molecule has 6 heteroatoms. The molecule has 3 rings (SSSR count). The first kappa shape index (κ1) is 18.9. The molecule has 1 aliphatic carbocycles. The summed E-state index contributed by atoms with van der Waals surface area (Å²) < 4.78 is 5.20. The summed E-state index contributed by atoms with van der Waals surface area (Å²) in [4.78, 5) is 28.8. The third kappa shape index (κ3) is 5.29. The van der Waals surface area contributed by atoms with E-state index in [0.717, 1.165) is 37.0 Å². The van der Waals surface area contributed by atoms with E-state index in [0.29, 0.717) is 18.5 Å². The summed E-state index contributed by atoms with van der Waals surface area (Å²) >= 11 is 0. The van der Waals surface area contributed by atoms with Crippen molar-refractivity contribution in [3.8, 4) is 5.75 Å². The molecule has 6 nitrogen and oxygen atoms in total. The molecule has 1 fully saturated rings. The molecule has 1 aromatic heterocycles. The fraction of sp³-hybridized carbons (Fsp3) is 0.381. The highest BCUT2D eigenvalue weighted by Crippen LogP contribution is 2.18. The molecule has 2 N–H and O–H groups in total. The highest BCUT2D eigenvalue weighted by Gasteiger charge is 2.19. The van der Waals surface area contributed by atoms with Crippen LogP contribution in [0, 0.1) is 0 Å². The van der Waals surface area contributed by atoms with E-state index >= 15 is 0 Å². The molecule has 0 bridgehead atoms. The van der Waals surface area contributed by atoms with Crippen LogP contribution in [0.2, 0.25) is 0 Å². The zero-order chi connectivity index (χ0) is 19.1. The lowest BCUT2D eigenvalue weighted by atomic mass is 10.1. The SMILES string of the molecule is COc1cccc(CCNC(=O)c2ccnc(C(=O)NC3CCCC3)c2)c1. The van der Waals surface area contributed by atoms with Gasteiger partial charge in [-0.15, -0.1) is 0 Å². The number of hydrogen-bond acceptors (Lipinski definition) is 4. The second-order valence-electron chi connectivity index (χ2n) is 6.74. The van der Waals surface area contributed by atoms with E-state index in [1.807, 2.05) is 24.3 Å². The molecule has 1 saturated carbocycles. The first-order chi connectivity index (χ1) is 13.2. The Morgan fingerprint density at radius 2 is 1.96 bits per heavy atom. The maximum atomic E-state index is 12.4. The second kappa shape index (κ2) is 9.16. The van der Waals surface area contributed by atoms with E-state index in [-0.39, 0.29) is 23.6 Å². The number of hydrogen-bond donors (Lipinski definition) is 2. The van der Waals surface area contributed by atoms with Crippen LogP contribution in [0.5, 0.6) is 5.75 Å². The van der Waals surface area contributed by atoms with E-state index < -0.39 is 0 Å². The van der Waals surface area contributed by atoms with E-state index in [2.05, 4.69) is 15.6 Å². The maximum absolute atomic E-state index is 12.4. The molecule has 27 heavy (non-hydrogen) atoms. The van der Waals surface area contributed by atoms with Crippen LogP contribution in [0.4, 0.5) is 0 Å². The van der Waals surface area contributed by atoms with Gasteiger partial charge in [0.05, 0.1) is 7.11 Å². The van der Waals surface area contributed by atoms with Crippen LogP contribution in [-0.4, -0.2) is 36.5 Å². The van der Waals surface area contributed by atoms with Gasteiger partial charge in [-0.2, -0.15) is 0 Å². The molecular weight excluding hydrogens is 342 g/mol. The molecule has 0 radical (unpaired) electrons. The molecule has 2 amide bonds. The molecule has 0 saturated heterocycles. The van der Waals surface area contributed by atoms with Gasteiger partial charge >= 0.3 is 0 Å². The Labute approximate surface area is 159 Å². The van der Waals surface area contributed by atoms with Crippen molar-refractivity contribution < 1.29 is 14.3 Å². The summed E-state index contributed by atoms with van der Waals surface area (Å²) in [7, 11) is 1.63. The predicted molar refractivity (Wildman–Crippen MR) is 103 cm³/mol. The van der Waals surface area contributed by atoms with Crippen LogP contribution in [0.25, 0.3) is 0 Å². The average molecular weight is 367 g/mol. The maximum Gasteiger partial charge on any atom is 0.270 e. The molecule has 0 unspecified atom stereocenters. The summed E-state index contributed by atoms with van der Waals surface area (Å²) in [6, 6.07) is 11.1. The van der Waals surface area contributed by atoms with Gasteiger partial charge in [0.25, 0.3) is 11.8 Å². The standard InChI is InChI=1S/C21H25N3O3/c1-27-18-8-4-5-15(13-18)9-11-23-20(25)16-10-12-22-19(14-16)21(26)24-17-6-2-3-7-17/h4-5,8,10,12-14,17H,2-3,6-7,9,11H2,1H3,(H,23,25)(H,24,26). The predicted octanol–water partition coefficient (Wildman–Crippen LogP) is 2.74. The van der Waals surface area contributed by atoms with Crippen LogP contribution in [0.15, 0.2) is 42.6 Å². The van der Waals surface area contributed by atoms with Gasteiger partial charge in [0.2, 0.25) is 0 Å². The van der Waals surface area contributed by atoms with Gasteiger partial charge in [0, 0.05) is 24.3 Å². The number of ether oxygens (including phenoxy) is 1. The van der Waals surface area contributed by atoms with Gasteiger partial charge < -0.3 is 15.4 Å². The fourth-order valence-electron chi connectivity index (χ4n) is 3.28. The van der Waals surface area contributed by atoms with Gasteiger partial charge in [0.15, 0.2) is 0 Å². The number of aromatic nitrogens is 1. The summed E-state index contributed by atoms with van der Waals surface area (Å²) in [5, 5.41) is 5.88. The van der Waals surface area contributed by atoms with Crippen molar-refractivity contribution in [1.29, 1.82) is 0 Å².